The summed E-state index contributed by atoms with van der Waals surface area (Å²) in [6.45, 7) is 3.10. The maximum atomic E-state index is 13.2. The maximum absolute atomic E-state index is 13.2. The van der Waals surface area contributed by atoms with Crippen molar-refractivity contribution in [2.75, 3.05) is 13.1 Å². The van der Waals surface area contributed by atoms with Crippen molar-refractivity contribution in [2.45, 2.75) is 63.5 Å². The van der Waals surface area contributed by atoms with Gasteiger partial charge in [-0.1, -0.05) is 30.3 Å². The lowest BCUT2D eigenvalue weighted by atomic mass is 9.92. The molecule has 36 heavy (non-hydrogen) atoms. The Morgan fingerprint density at radius 2 is 1.58 bits per heavy atom. The normalized spacial score (nSPS) is 26.0. The number of benzene rings is 2. The first-order valence-corrected chi connectivity index (χ1v) is 12.6. The molecule has 1 aliphatic carbocycles. The molecule has 3 unspecified atom stereocenters. The van der Waals surface area contributed by atoms with Gasteiger partial charge in [0, 0.05) is 26.1 Å². The van der Waals surface area contributed by atoms with Crippen LogP contribution in [-0.4, -0.2) is 64.5 Å². The van der Waals surface area contributed by atoms with Gasteiger partial charge in [0.25, 0.3) is 11.8 Å². The summed E-state index contributed by atoms with van der Waals surface area (Å²) < 4.78 is 11.9. The highest BCUT2D eigenvalue weighted by Crippen LogP contribution is 2.35. The number of amides is 2. The van der Waals surface area contributed by atoms with Crippen LogP contribution in [-0.2, 0) is 27.5 Å². The molecule has 2 saturated heterocycles. The van der Waals surface area contributed by atoms with Gasteiger partial charge in [-0.25, -0.2) is 0 Å². The summed E-state index contributed by atoms with van der Waals surface area (Å²) in [6, 6.07) is 12.3. The monoisotopic (exact) mass is 488 g/mol. The van der Waals surface area contributed by atoms with Gasteiger partial charge in [-0.05, 0) is 42.5 Å². The lowest BCUT2D eigenvalue weighted by Gasteiger charge is -2.32. The number of ether oxygens (including phenoxy) is 2. The van der Waals surface area contributed by atoms with Crippen molar-refractivity contribution in [1.82, 2.24) is 9.80 Å². The lowest BCUT2D eigenvalue weighted by Crippen LogP contribution is -2.47. The number of ketones is 2. The zero-order valence-corrected chi connectivity index (χ0v) is 20.0. The van der Waals surface area contributed by atoms with Crippen molar-refractivity contribution in [3.63, 3.8) is 0 Å². The Bertz CT molecular complexity index is 1230. The smallest absolute Gasteiger partial charge is 0.266 e. The minimum atomic E-state index is -0.892. The second-order valence-corrected chi connectivity index (χ2v) is 10.2. The van der Waals surface area contributed by atoms with E-state index in [2.05, 4.69) is 17.0 Å². The highest BCUT2D eigenvalue weighted by molar-refractivity contribution is 6.24. The third kappa shape index (κ3) is 4.24. The summed E-state index contributed by atoms with van der Waals surface area (Å²) in [5.41, 5.74) is 2.60. The van der Waals surface area contributed by atoms with Crippen LogP contribution in [0.4, 0.5) is 0 Å². The molecule has 2 aromatic carbocycles. The molecule has 3 fully saturated rings. The van der Waals surface area contributed by atoms with E-state index in [9.17, 15) is 19.2 Å². The van der Waals surface area contributed by atoms with Gasteiger partial charge in [0.05, 0.1) is 35.8 Å². The SMILES string of the molecule is O=C1CCC(N2C(=O)c3cccc(OCc4ccc(CN5CC6CCC(C5)O6)cc4)c3C2=O)C(=O)C1. The number of hydrogen-bond acceptors (Lipinski definition) is 7. The summed E-state index contributed by atoms with van der Waals surface area (Å²) in [5.74, 6) is -1.25. The van der Waals surface area contributed by atoms with Gasteiger partial charge in [-0.2, -0.15) is 0 Å². The Morgan fingerprint density at radius 1 is 0.861 bits per heavy atom. The number of hydrogen-bond donors (Lipinski definition) is 0. The van der Waals surface area contributed by atoms with E-state index in [1.807, 2.05) is 12.1 Å². The van der Waals surface area contributed by atoms with Crippen LogP contribution in [0.2, 0.25) is 0 Å². The van der Waals surface area contributed by atoms with Crippen molar-refractivity contribution in [3.8, 4) is 5.75 Å². The molecule has 3 heterocycles. The molecule has 2 bridgehead atoms. The first-order chi connectivity index (χ1) is 17.5. The maximum Gasteiger partial charge on any atom is 0.266 e. The first kappa shape index (κ1) is 23.1. The number of Topliss-reactive ketones (excluding diaryl/α,β-unsaturated/α-hetero) is 2. The predicted octanol–water partition coefficient (Wildman–Crippen LogP) is 2.92. The van der Waals surface area contributed by atoms with E-state index in [1.54, 1.807) is 18.2 Å². The van der Waals surface area contributed by atoms with E-state index in [4.69, 9.17) is 9.47 Å². The van der Waals surface area contributed by atoms with E-state index in [0.29, 0.717) is 18.0 Å². The third-order valence-corrected chi connectivity index (χ3v) is 7.60. The van der Waals surface area contributed by atoms with Crippen LogP contribution in [0.25, 0.3) is 0 Å². The second kappa shape index (κ2) is 9.26. The molecule has 3 atom stereocenters. The van der Waals surface area contributed by atoms with Gasteiger partial charge in [0.2, 0.25) is 0 Å². The van der Waals surface area contributed by atoms with Gasteiger partial charge in [-0.15, -0.1) is 0 Å². The Kier molecular flexibility index (Phi) is 5.93. The molecule has 0 spiro atoms. The van der Waals surface area contributed by atoms with Gasteiger partial charge >= 0.3 is 0 Å². The van der Waals surface area contributed by atoms with Crippen molar-refractivity contribution < 1.29 is 28.7 Å². The number of carbonyl (C=O) groups excluding carboxylic acids is 4. The van der Waals surface area contributed by atoms with E-state index < -0.39 is 17.9 Å². The highest BCUT2D eigenvalue weighted by atomic mass is 16.5. The first-order valence-electron chi connectivity index (χ1n) is 12.6. The van der Waals surface area contributed by atoms with Gasteiger partial charge < -0.3 is 9.47 Å². The fourth-order valence-corrected chi connectivity index (χ4v) is 5.80. The van der Waals surface area contributed by atoms with Crippen LogP contribution in [0.3, 0.4) is 0 Å². The summed E-state index contributed by atoms with van der Waals surface area (Å²) in [7, 11) is 0. The summed E-state index contributed by atoms with van der Waals surface area (Å²) >= 11 is 0. The molecule has 0 N–H and O–H groups in total. The zero-order chi connectivity index (χ0) is 24.8. The van der Waals surface area contributed by atoms with Crippen LogP contribution in [0.1, 0.15) is 63.9 Å². The number of morpholine rings is 1. The molecule has 186 valence electrons. The topological polar surface area (TPSA) is 93.2 Å². The van der Waals surface area contributed by atoms with Gasteiger partial charge in [0.1, 0.15) is 18.1 Å². The third-order valence-electron chi connectivity index (χ3n) is 7.60. The van der Waals surface area contributed by atoms with Crippen LogP contribution in [0.5, 0.6) is 5.75 Å². The number of imide groups is 1. The second-order valence-electron chi connectivity index (χ2n) is 10.2. The standard InChI is InChI=1S/C28H28N2O6/c31-19-8-11-23(24(32)12-19)30-27(33)22-2-1-3-25(26(22)28(30)34)35-16-18-6-4-17(5-7-18)13-29-14-20-9-10-21(15-29)36-20/h1-7,20-21,23H,8-16H2. The van der Waals surface area contributed by atoms with Crippen LogP contribution >= 0.6 is 0 Å². The van der Waals surface area contributed by atoms with E-state index >= 15 is 0 Å². The zero-order valence-electron chi connectivity index (χ0n) is 20.0. The fourth-order valence-electron chi connectivity index (χ4n) is 5.80. The number of nitrogens with zero attached hydrogens (tertiary/aromatic N) is 2. The molecule has 2 amide bonds. The summed E-state index contributed by atoms with van der Waals surface area (Å²) in [6.07, 6.45) is 3.19. The minimum Gasteiger partial charge on any atom is -0.488 e. The van der Waals surface area contributed by atoms with Crippen molar-refractivity contribution in [3.05, 3.63) is 64.7 Å². The van der Waals surface area contributed by atoms with Crippen molar-refractivity contribution in [1.29, 1.82) is 0 Å². The lowest BCUT2D eigenvalue weighted by molar-refractivity contribution is -0.132. The predicted molar refractivity (Wildman–Crippen MR) is 129 cm³/mol. The molecule has 1 saturated carbocycles. The van der Waals surface area contributed by atoms with Crippen molar-refractivity contribution >= 4 is 23.4 Å². The molecule has 0 aromatic heterocycles. The number of likely N-dealkylation sites (tertiary alicyclic amines) is 1. The molecule has 2 aromatic rings. The molecule has 3 aliphatic heterocycles. The number of carbonyl (C=O) groups is 4. The Morgan fingerprint density at radius 3 is 2.31 bits per heavy atom. The Hall–Kier alpha value is -3.36. The summed E-state index contributed by atoms with van der Waals surface area (Å²) in [4.78, 5) is 53.7. The summed E-state index contributed by atoms with van der Waals surface area (Å²) in [5, 5.41) is 0. The molecule has 8 heteroatoms. The van der Waals surface area contributed by atoms with Gasteiger partial charge in [0.15, 0.2) is 5.78 Å². The molecular formula is C28H28N2O6. The minimum absolute atomic E-state index is 0.153. The van der Waals surface area contributed by atoms with E-state index in [1.165, 1.54) is 5.56 Å². The molecular weight excluding hydrogens is 460 g/mol. The van der Waals surface area contributed by atoms with E-state index in [0.717, 1.165) is 42.9 Å². The van der Waals surface area contributed by atoms with Crippen LogP contribution in [0, 0.1) is 0 Å². The number of rotatable bonds is 6. The fraction of sp³-hybridized carbons (Fsp3) is 0.429. The molecule has 4 aliphatic rings. The van der Waals surface area contributed by atoms with Gasteiger partial charge in [-0.3, -0.25) is 29.0 Å². The Labute approximate surface area is 209 Å². The van der Waals surface area contributed by atoms with E-state index in [-0.39, 0.29) is 48.6 Å². The average Bonchev–Trinajstić information content (AvgIpc) is 3.34. The molecule has 0 radical (unpaired) electrons. The quantitative estimate of drug-likeness (QED) is 0.456. The van der Waals surface area contributed by atoms with Crippen molar-refractivity contribution in [2.24, 2.45) is 0 Å². The highest BCUT2D eigenvalue weighted by Gasteiger charge is 2.45. The molecule has 8 nitrogen and oxygen atoms in total. The average molecular weight is 489 g/mol. The largest absolute Gasteiger partial charge is 0.488 e. The Balaban J connectivity index is 1.12. The number of fused-ring (bicyclic) bond motifs is 3. The molecule has 6 rings (SSSR count). The van der Waals surface area contributed by atoms with Crippen LogP contribution < -0.4 is 4.74 Å². The van der Waals surface area contributed by atoms with Crippen LogP contribution in [0.15, 0.2) is 42.5 Å².